The molecule has 0 radical (unpaired) electrons. The molecule has 1 fully saturated rings. The summed E-state index contributed by atoms with van der Waals surface area (Å²) in [7, 11) is 0. The molecule has 2 rings (SSSR count). The molecule has 21 heavy (non-hydrogen) atoms. The van der Waals surface area contributed by atoms with Crippen LogP contribution in [0.5, 0.6) is 0 Å². The molecule has 0 saturated carbocycles. The van der Waals surface area contributed by atoms with Crippen molar-refractivity contribution in [3.8, 4) is 0 Å². The van der Waals surface area contributed by atoms with Crippen molar-refractivity contribution in [3.05, 3.63) is 21.4 Å². The Kier molecular flexibility index (Phi) is 7.71. The number of nitrogens with two attached hydrogens (primary N) is 1. The van der Waals surface area contributed by atoms with E-state index < -0.39 is 0 Å². The molecule has 1 amide bonds. The van der Waals surface area contributed by atoms with E-state index in [2.05, 4.69) is 19.9 Å². The number of likely N-dealkylation sites (tertiary alicyclic amines) is 1. The number of nitrogens with zero attached hydrogens (tertiary/aromatic N) is 1. The van der Waals surface area contributed by atoms with Crippen LogP contribution in [0.15, 0.2) is 6.07 Å². The molecule has 1 aromatic rings. The number of halogens is 1. The zero-order valence-corrected chi connectivity index (χ0v) is 14.7. The van der Waals surface area contributed by atoms with Crippen molar-refractivity contribution < 1.29 is 4.79 Å². The summed E-state index contributed by atoms with van der Waals surface area (Å²) >= 11 is 1.69. The van der Waals surface area contributed by atoms with Gasteiger partial charge in [-0.05, 0) is 43.7 Å². The van der Waals surface area contributed by atoms with Crippen LogP contribution in [0.1, 0.15) is 59.6 Å². The average Bonchev–Trinajstić information content (AvgIpc) is 2.90. The summed E-state index contributed by atoms with van der Waals surface area (Å²) in [5, 5.41) is 0. The van der Waals surface area contributed by atoms with Gasteiger partial charge in [-0.2, -0.15) is 0 Å². The predicted molar refractivity (Wildman–Crippen MR) is 92.7 cm³/mol. The third kappa shape index (κ3) is 4.21. The van der Waals surface area contributed by atoms with Gasteiger partial charge < -0.3 is 10.6 Å². The molecule has 3 nitrogen and oxygen atoms in total. The maximum absolute atomic E-state index is 12.7. The molecule has 1 saturated heterocycles. The molecule has 1 aliphatic rings. The number of carbonyl (C=O) groups is 1. The maximum Gasteiger partial charge on any atom is 0.264 e. The molecular weight excluding hydrogens is 304 g/mol. The van der Waals surface area contributed by atoms with Gasteiger partial charge in [0.25, 0.3) is 5.91 Å². The van der Waals surface area contributed by atoms with Crippen LogP contribution < -0.4 is 5.73 Å². The van der Waals surface area contributed by atoms with Gasteiger partial charge in [0.15, 0.2) is 0 Å². The van der Waals surface area contributed by atoms with Crippen LogP contribution in [-0.2, 0) is 12.8 Å². The number of amides is 1. The van der Waals surface area contributed by atoms with E-state index in [1.807, 2.05) is 4.90 Å². The summed E-state index contributed by atoms with van der Waals surface area (Å²) in [5.41, 5.74) is 7.18. The topological polar surface area (TPSA) is 46.3 Å². The van der Waals surface area contributed by atoms with Gasteiger partial charge in [-0.1, -0.05) is 20.3 Å². The molecule has 0 aromatic carbocycles. The fraction of sp³-hybridized carbons (Fsp3) is 0.688. The number of carbonyl (C=O) groups excluding carboxylic acids is 1. The number of hydrogen-bond acceptors (Lipinski definition) is 3. The van der Waals surface area contributed by atoms with Crippen molar-refractivity contribution in [1.29, 1.82) is 0 Å². The summed E-state index contributed by atoms with van der Waals surface area (Å²) in [6, 6.07) is 2.35. The molecule has 5 heteroatoms. The molecular formula is C16H27ClN2OS. The van der Waals surface area contributed by atoms with Crippen LogP contribution >= 0.6 is 23.7 Å². The van der Waals surface area contributed by atoms with Gasteiger partial charge in [-0.15, -0.1) is 23.7 Å². The van der Waals surface area contributed by atoms with Crippen LogP contribution in [0.4, 0.5) is 0 Å². The Hall–Kier alpha value is -0.580. The highest BCUT2D eigenvalue weighted by molar-refractivity contribution is 7.14. The smallest absolute Gasteiger partial charge is 0.264 e. The second-order valence-corrected chi connectivity index (χ2v) is 6.68. The van der Waals surface area contributed by atoms with E-state index in [1.165, 1.54) is 16.9 Å². The molecule has 2 heterocycles. The van der Waals surface area contributed by atoms with E-state index >= 15 is 0 Å². The van der Waals surface area contributed by atoms with Gasteiger partial charge in [0, 0.05) is 24.0 Å². The van der Waals surface area contributed by atoms with Gasteiger partial charge in [0.1, 0.15) is 0 Å². The number of aryl methyl sites for hydroxylation is 2. The second kappa shape index (κ2) is 8.76. The minimum Gasteiger partial charge on any atom is -0.334 e. The molecule has 1 aliphatic heterocycles. The summed E-state index contributed by atoms with van der Waals surface area (Å²) in [4.78, 5) is 17.0. The minimum absolute atomic E-state index is 0. The standard InChI is InChI=1S/C16H26N2OS.ClH/c1-3-7-14-12(4-2)10-15(20-14)16(19)18-9-6-5-8-13(18)11-17;/h10,13H,3-9,11,17H2,1-2H3;1H. The van der Waals surface area contributed by atoms with Crippen molar-refractivity contribution in [2.75, 3.05) is 13.1 Å². The predicted octanol–water partition coefficient (Wildman–Crippen LogP) is 3.64. The van der Waals surface area contributed by atoms with Crippen molar-refractivity contribution in [3.63, 3.8) is 0 Å². The van der Waals surface area contributed by atoms with Gasteiger partial charge in [-0.3, -0.25) is 4.79 Å². The summed E-state index contributed by atoms with van der Waals surface area (Å²) in [5.74, 6) is 0.196. The Labute approximate surface area is 138 Å². The monoisotopic (exact) mass is 330 g/mol. The lowest BCUT2D eigenvalue weighted by molar-refractivity contribution is 0.0628. The summed E-state index contributed by atoms with van der Waals surface area (Å²) in [6.07, 6.45) is 6.58. The molecule has 120 valence electrons. The number of piperidine rings is 1. The summed E-state index contributed by atoms with van der Waals surface area (Å²) in [6.45, 7) is 5.80. The van der Waals surface area contributed by atoms with Crippen molar-refractivity contribution >= 4 is 29.7 Å². The van der Waals surface area contributed by atoms with Gasteiger partial charge in [0.05, 0.1) is 4.88 Å². The Balaban J connectivity index is 0.00000220. The van der Waals surface area contributed by atoms with Gasteiger partial charge in [-0.25, -0.2) is 0 Å². The molecule has 0 spiro atoms. The van der Waals surface area contributed by atoms with E-state index in [0.717, 1.165) is 43.5 Å². The van der Waals surface area contributed by atoms with Crippen LogP contribution in [0.25, 0.3) is 0 Å². The average molecular weight is 331 g/mol. The van der Waals surface area contributed by atoms with E-state index in [1.54, 1.807) is 11.3 Å². The zero-order valence-electron chi connectivity index (χ0n) is 13.1. The first-order chi connectivity index (χ1) is 9.71. The quantitative estimate of drug-likeness (QED) is 0.896. The molecule has 1 unspecified atom stereocenters. The largest absolute Gasteiger partial charge is 0.334 e. The van der Waals surface area contributed by atoms with Crippen LogP contribution in [0.3, 0.4) is 0 Å². The van der Waals surface area contributed by atoms with E-state index in [4.69, 9.17) is 5.73 Å². The fourth-order valence-electron chi connectivity index (χ4n) is 2.96. The van der Waals surface area contributed by atoms with Gasteiger partial charge in [0.2, 0.25) is 0 Å². The van der Waals surface area contributed by atoms with E-state index in [-0.39, 0.29) is 24.4 Å². The van der Waals surface area contributed by atoms with Crippen molar-refractivity contribution in [2.24, 2.45) is 5.73 Å². The second-order valence-electron chi connectivity index (χ2n) is 5.55. The lowest BCUT2D eigenvalue weighted by Gasteiger charge is -2.34. The van der Waals surface area contributed by atoms with Crippen LogP contribution in [-0.4, -0.2) is 29.9 Å². The number of hydrogen-bond donors (Lipinski definition) is 1. The zero-order chi connectivity index (χ0) is 14.5. The molecule has 0 bridgehead atoms. The Morgan fingerprint density at radius 2 is 2.19 bits per heavy atom. The van der Waals surface area contributed by atoms with Crippen molar-refractivity contribution in [2.45, 2.75) is 58.4 Å². The first-order valence-corrected chi connectivity index (χ1v) is 8.65. The van der Waals surface area contributed by atoms with Crippen LogP contribution in [0, 0.1) is 0 Å². The maximum atomic E-state index is 12.7. The number of thiophene rings is 1. The van der Waals surface area contributed by atoms with E-state index in [0.29, 0.717) is 6.54 Å². The third-order valence-corrected chi connectivity index (χ3v) is 5.35. The SMILES string of the molecule is CCCc1sc(C(=O)N2CCCCC2CN)cc1CC.Cl. The highest BCUT2D eigenvalue weighted by Crippen LogP contribution is 2.28. The molecule has 0 aliphatic carbocycles. The van der Waals surface area contributed by atoms with Gasteiger partial charge >= 0.3 is 0 Å². The normalized spacial score (nSPS) is 18.4. The minimum atomic E-state index is 0. The molecule has 1 atom stereocenters. The summed E-state index contributed by atoms with van der Waals surface area (Å²) < 4.78 is 0. The van der Waals surface area contributed by atoms with Crippen LogP contribution in [0.2, 0.25) is 0 Å². The van der Waals surface area contributed by atoms with E-state index in [9.17, 15) is 4.79 Å². The highest BCUT2D eigenvalue weighted by atomic mass is 35.5. The van der Waals surface area contributed by atoms with Crippen molar-refractivity contribution in [1.82, 2.24) is 4.90 Å². The molecule has 2 N–H and O–H groups in total. The Morgan fingerprint density at radius 1 is 1.43 bits per heavy atom. The lowest BCUT2D eigenvalue weighted by Crippen LogP contribution is -2.47. The Bertz CT molecular complexity index is 461. The number of rotatable bonds is 5. The highest BCUT2D eigenvalue weighted by Gasteiger charge is 2.27. The third-order valence-electron chi connectivity index (χ3n) is 4.13. The first kappa shape index (κ1) is 18.5. The molecule has 1 aromatic heterocycles. The first-order valence-electron chi connectivity index (χ1n) is 7.83. The lowest BCUT2D eigenvalue weighted by atomic mass is 10.0. The fourth-order valence-corrected chi connectivity index (χ4v) is 4.28. The Morgan fingerprint density at radius 3 is 2.81 bits per heavy atom.